The molecule has 8 heteroatoms. The summed E-state index contributed by atoms with van der Waals surface area (Å²) in [5.74, 6) is 0.0800. The van der Waals surface area contributed by atoms with E-state index in [-0.39, 0.29) is 23.0 Å². The van der Waals surface area contributed by atoms with Crippen molar-refractivity contribution in [3.05, 3.63) is 23.4 Å². The Kier molecular flexibility index (Phi) is 4.67. The average Bonchev–Trinajstić information content (AvgIpc) is 2.37. The molecule has 1 aromatic heterocycles. The Morgan fingerprint density at radius 1 is 1.48 bits per heavy atom. The van der Waals surface area contributed by atoms with E-state index in [1.807, 2.05) is 6.92 Å². The summed E-state index contributed by atoms with van der Waals surface area (Å²) in [6.45, 7) is 2.47. The van der Waals surface area contributed by atoms with E-state index in [0.717, 1.165) is 6.07 Å². The lowest BCUT2D eigenvalue weighted by atomic mass is 10.0. The second-order valence-corrected chi connectivity index (χ2v) is 5.44. The number of thiocarbonyl (C=S) groups is 1. The van der Waals surface area contributed by atoms with Crippen molar-refractivity contribution in [2.75, 3.05) is 11.9 Å². The SMILES string of the molecule is CC1CC(Nc2nc(C(F)(F)F)ccc2C(N)=S)CCO1. The Labute approximate surface area is 125 Å². The maximum absolute atomic E-state index is 12.8. The van der Waals surface area contributed by atoms with Crippen LogP contribution in [0.3, 0.4) is 0 Å². The van der Waals surface area contributed by atoms with Crippen LogP contribution < -0.4 is 11.1 Å². The van der Waals surface area contributed by atoms with E-state index >= 15 is 0 Å². The van der Waals surface area contributed by atoms with E-state index in [1.165, 1.54) is 6.07 Å². The van der Waals surface area contributed by atoms with E-state index < -0.39 is 11.9 Å². The fourth-order valence-electron chi connectivity index (χ4n) is 2.25. The van der Waals surface area contributed by atoms with Crippen LogP contribution in [0.25, 0.3) is 0 Å². The molecule has 0 aliphatic carbocycles. The number of aromatic nitrogens is 1. The molecule has 2 heterocycles. The summed E-state index contributed by atoms with van der Waals surface area (Å²) in [6.07, 6.45) is -3.07. The molecule has 2 unspecified atom stereocenters. The number of hydrogen-bond acceptors (Lipinski definition) is 4. The van der Waals surface area contributed by atoms with Gasteiger partial charge >= 0.3 is 6.18 Å². The highest BCUT2D eigenvalue weighted by molar-refractivity contribution is 7.80. The van der Waals surface area contributed by atoms with Crippen molar-refractivity contribution in [3.63, 3.8) is 0 Å². The third kappa shape index (κ3) is 4.04. The Hall–Kier alpha value is -1.41. The summed E-state index contributed by atoms with van der Waals surface area (Å²) in [4.78, 5) is 3.65. The predicted molar refractivity (Wildman–Crippen MR) is 77.2 cm³/mol. The first-order chi connectivity index (χ1) is 9.77. The fraction of sp³-hybridized carbons (Fsp3) is 0.538. The minimum absolute atomic E-state index is 0.0128. The molecule has 3 N–H and O–H groups in total. The molecule has 0 amide bonds. The van der Waals surface area contributed by atoms with E-state index in [4.69, 9.17) is 22.7 Å². The van der Waals surface area contributed by atoms with Crippen molar-refractivity contribution in [2.24, 2.45) is 5.73 Å². The summed E-state index contributed by atoms with van der Waals surface area (Å²) in [5, 5.41) is 3.02. The Bertz CT molecular complexity index is 536. The molecule has 1 aliphatic heterocycles. The van der Waals surface area contributed by atoms with Crippen molar-refractivity contribution in [3.8, 4) is 0 Å². The fourth-order valence-corrected chi connectivity index (χ4v) is 2.41. The molecule has 1 saturated heterocycles. The van der Waals surface area contributed by atoms with Crippen LogP contribution in [0, 0.1) is 0 Å². The number of ether oxygens (including phenoxy) is 1. The molecule has 1 fully saturated rings. The number of pyridine rings is 1. The first-order valence-electron chi connectivity index (χ1n) is 6.53. The highest BCUT2D eigenvalue weighted by Crippen LogP contribution is 2.30. The third-order valence-corrected chi connectivity index (χ3v) is 3.50. The van der Waals surface area contributed by atoms with E-state index in [0.29, 0.717) is 25.0 Å². The average molecular weight is 319 g/mol. The summed E-state index contributed by atoms with van der Waals surface area (Å²) < 4.78 is 43.7. The van der Waals surface area contributed by atoms with Gasteiger partial charge in [-0.1, -0.05) is 12.2 Å². The molecule has 0 aromatic carbocycles. The maximum Gasteiger partial charge on any atom is 0.433 e. The van der Waals surface area contributed by atoms with Crippen LogP contribution in [-0.2, 0) is 10.9 Å². The van der Waals surface area contributed by atoms with Crippen LogP contribution in [-0.4, -0.2) is 28.7 Å². The van der Waals surface area contributed by atoms with Crippen LogP contribution in [0.15, 0.2) is 12.1 Å². The number of nitrogens with one attached hydrogen (secondary N) is 1. The zero-order valence-corrected chi connectivity index (χ0v) is 12.2. The van der Waals surface area contributed by atoms with Gasteiger partial charge in [-0.2, -0.15) is 13.2 Å². The molecule has 4 nitrogen and oxygen atoms in total. The molecule has 1 aromatic rings. The number of anilines is 1. The van der Waals surface area contributed by atoms with Crippen molar-refractivity contribution in [1.82, 2.24) is 4.98 Å². The van der Waals surface area contributed by atoms with Crippen LogP contribution in [0.4, 0.5) is 19.0 Å². The quantitative estimate of drug-likeness (QED) is 0.839. The van der Waals surface area contributed by atoms with Crippen LogP contribution in [0.5, 0.6) is 0 Å². The number of halogens is 3. The monoisotopic (exact) mass is 319 g/mol. The first-order valence-corrected chi connectivity index (χ1v) is 6.94. The Morgan fingerprint density at radius 2 is 2.19 bits per heavy atom. The third-order valence-electron chi connectivity index (χ3n) is 3.28. The minimum atomic E-state index is -4.51. The summed E-state index contributed by atoms with van der Waals surface area (Å²) >= 11 is 4.87. The van der Waals surface area contributed by atoms with Gasteiger partial charge in [0.15, 0.2) is 0 Å². The molecule has 2 atom stereocenters. The smallest absolute Gasteiger partial charge is 0.389 e. The van der Waals surface area contributed by atoms with Gasteiger partial charge < -0.3 is 15.8 Å². The standard InChI is InChI=1S/C13H16F3N3OS/c1-7-6-8(4-5-20-7)18-12-9(11(17)21)2-3-10(19-12)13(14,15)16/h2-3,7-8H,4-6H2,1H3,(H2,17,21)(H,18,19). The Morgan fingerprint density at radius 3 is 2.76 bits per heavy atom. The Balaban J connectivity index is 2.28. The van der Waals surface area contributed by atoms with Gasteiger partial charge in [-0.3, -0.25) is 0 Å². The summed E-state index contributed by atoms with van der Waals surface area (Å²) in [6, 6.07) is 2.12. The minimum Gasteiger partial charge on any atom is -0.389 e. The topological polar surface area (TPSA) is 60.2 Å². The second kappa shape index (κ2) is 6.15. The molecule has 0 radical (unpaired) electrons. The predicted octanol–water partition coefficient (Wildman–Crippen LogP) is 2.71. The molecule has 2 rings (SSSR count). The molecule has 1 aliphatic rings. The molecule has 0 spiro atoms. The van der Waals surface area contributed by atoms with Gasteiger partial charge in [0.1, 0.15) is 16.5 Å². The van der Waals surface area contributed by atoms with Gasteiger partial charge in [0.25, 0.3) is 0 Å². The molecule has 0 bridgehead atoms. The van der Waals surface area contributed by atoms with Crippen LogP contribution in [0.2, 0.25) is 0 Å². The maximum atomic E-state index is 12.8. The lowest BCUT2D eigenvalue weighted by Crippen LogP contribution is -2.33. The summed E-state index contributed by atoms with van der Waals surface area (Å²) in [5.41, 5.74) is 4.90. The van der Waals surface area contributed by atoms with E-state index in [1.54, 1.807) is 0 Å². The largest absolute Gasteiger partial charge is 0.433 e. The second-order valence-electron chi connectivity index (χ2n) is 5.00. The van der Waals surface area contributed by atoms with Crippen LogP contribution in [0.1, 0.15) is 31.0 Å². The highest BCUT2D eigenvalue weighted by Gasteiger charge is 2.33. The number of hydrogen-bond donors (Lipinski definition) is 2. The van der Waals surface area contributed by atoms with Crippen molar-refractivity contribution < 1.29 is 17.9 Å². The van der Waals surface area contributed by atoms with Gasteiger partial charge in [-0.15, -0.1) is 0 Å². The van der Waals surface area contributed by atoms with Crippen molar-refractivity contribution >= 4 is 23.0 Å². The van der Waals surface area contributed by atoms with E-state index in [2.05, 4.69) is 10.3 Å². The molecule has 0 saturated carbocycles. The number of nitrogens with zero attached hydrogens (tertiary/aromatic N) is 1. The number of rotatable bonds is 3. The van der Waals surface area contributed by atoms with Gasteiger partial charge in [-0.25, -0.2) is 4.98 Å². The zero-order chi connectivity index (χ0) is 15.6. The molecular formula is C13H16F3N3OS. The van der Waals surface area contributed by atoms with E-state index in [9.17, 15) is 13.2 Å². The van der Waals surface area contributed by atoms with Crippen LogP contribution >= 0.6 is 12.2 Å². The normalized spacial score (nSPS) is 22.9. The van der Waals surface area contributed by atoms with Crippen molar-refractivity contribution in [2.45, 2.75) is 38.1 Å². The van der Waals surface area contributed by atoms with Gasteiger partial charge in [-0.05, 0) is 31.9 Å². The van der Waals surface area contributed by atoms with Gasteiger partial charge in [0.2, 0.25) is 0 Å². The first kappa shape index (κ1) is 16.0. The van der Waals surface area contributed by atoms with Crippen molar-refractivity contribution in [1.29, 1.82) is 0 Å². The molecule has 116 valence electrons. The highest BCUT2D eigenvalue weighted by atomic mass is 32.1. The molecule has 21 heavy (non-hydrogen) atoms. The number of nitrogens with two attached hydrogens (primary N) is 1. The zero-order valence-electron chi connectivity index (χ0n) is 11.4. The number of alkyl halides is 3. The molecular weight excluding hydrogens is 303 g/mol. The summed E-state index contributed by atoms with van der Waals surface area (Å²) in [7, 11) is 0. The van der Waals surface area contributed by atoms with Gasteiger partial charge in [0, 0.05) is 12.6 Å². The lowest BCUT2D eigenvalue weighted by Gasteiger charge is -2.29. The van der Waals surface area contributed by atoms with Gasteiger partial charge in [0.05, 0.1) is 11.7 Å². The lowest BCUT2D eigenvalue weighted by molar-refractivity contribution is -0.141.